The molecule has 0 saturated carbocycles. The maximum Gasteiger partial charge on any atom is 0.306 e. The lowest BCUT2D eigenvalue weighted by atomic mass is 10.0. The second-order valence-corrected chi connectivity index (χ2v) is 21.0. The van der Waals surface area contributed by atoms with Gasteiger partial charge in [-0.25, -0.2) is 0 Å². The third-order valence-electron chi connectivity index (χ3n) is 13.7. The number of carbonyl (C=O) groups excluding carboxylic acids is 3. The van der Waals surface area contributed by atoms with Gasteiger partial charge < -0.3 is 14.2 Å². The fraction of sp³-hybridized carbons (Fsp3) is 0.803. The minimum atomic E-state index is -0.777. The first kappa shape index (κ1) is 69.1. The number of hydrogen-bond donors (Lipinski definition) is 0. The Kier molecular flexibility index (Phi) is 58.2. The van der Waals surface area contributed by atoms with Crippen molar-refractivity contribution in [1.82, 2.24) is 0 Å². The summed E-state index contributed by atoms with van der Waals surface area (Å²) in [6.45, 7) is 6.62. The lowest BCUT2D eigenvalue weighted by Crippen LogP contribution is -2.30. The Morgan fingerprint density at radius 2 is 0.500 bits per heavy atom. The third-order valence-corrected chi connectivity index (χ3v) is 13.7. The second-order valence-electron chi connectivity index (χ2n) is 21.0. The van der Waals surface area contributed by atoms with Crippen LogP contribution < -0.4 is 0 Å². The molecule has 0 aliphatic carbocycles. The summed E-state index contributed by atoms with van der Waals surface area (Å²) in [6, 6.07) is 0. The molecule has 72 heavy (non-hydrogen) atoms. The van der Waals surface area contributed by atoms with E-state index >= 15 is 0 Å². The van der Waals surface area contributed by atoms with E-state index in [0.717, 1.165) is 83.5 Å². The van der Waals surface area contributed by atoms with Gasteiger partial charge in [0.25, 0.3) is 0 Å². The van der Waals surface area contributed by atoms with E-state index in [9.17, 15) is 14.4 Å². The molecule has 0 aromatic carbocycles. The van der Waals surface area contributed by atoms with E-state index in [1.54, 1.807) is 0 Å². The van der Waals surface area contributed by atoms with Gasteiger partial charge in [0.2, 0.25) is 0 Å². The fourth-order valence-electron chi connectivity index (χ4n) is 9.01. The Balaban J connectivity index is 4.21. The highest BCUT2D eigenvalue weighted by atomic mass is 16.6. The third kappa shape index (κ3) is 58.0. The number of rotatable bonds is 57. The Bertz CT molecular complexity index is 1290. The molecule has 0 bridgehead atoms. The van der Waals surface area contributed by atoms with Gasteiger partial charge in [-0.15, -0.1) is 0 Å². The minimum absolute atomic E-state index is 0.0750. The predicted molar refractivity (Wildman–Crippen MR) is 312 cm³/mol. The number of ether oxygens (including phenoxy) is 3. The lowest BCUT2D eigenvalue weighted by molar-refractivity contribution is -0.167. The van der Waals surface area contributed by atoms with Gasteiger partial charge in [0.15, 0.2) is 6.10 Å². The molecule has 1 unspecified atom stereocenters. The monoisotopic (exact) mass is 1010 g/mol. The van der Waals surface area contributed by atoms with Crippen LogP contribution in [0.3, 0.4) is 0 Å². The van der Waals surface area contributed by atoms with E-state index in [-0.39, 0.29) is 31.1 Å². The Hall–Kier alpha value is -2.89. The molecule has 0 aromatic rings. The highest BCUT2D eigenvalue weighted by molar-refractivity contribution is 5.71. The van der Waals surface area contributed by atoms with Crippen LogP contribution in [-0.4, -0.2) is 37.2 Å². The number of unbranched alkanes of at least 4 members (excludes halogenated alkanes) is 36. The summed E-state index contributed by atoms with van der Waals surface area (Å²) in [5.41, 5.74) is 0. The summed E-state index contributed by atoms with van der Waals surface area (Å²) in [6.07, 6.45) is 76.6. The van der Waals surface area contributed by atoms with Crippen molar-refractivity contribution in [3.63, 3.8) is 0 Å². The average molecular weight is 1010 g/mol. The lowest BCUT2D eigenvalue weighted by Gasteiger charge is -2.18. The molecule has 0 fully saturated rings. The summed E-state index contributed by atoms with van der Waals surface area (Å²) >= 11 is 0. The Morgan fingerprint density at radius 3 is 0.806 bits per heavy atom. The van der Waals surface area contributed by atoms with Gasteiger partial charge in [-0.1, -0.05) is 274 Å². The summed E-state index contributed by atoms with van der Waals surface area (Å²) in [7, 11) is 0. The highest BCUT2D eigenvalue weighted by Gasteiger charge is 2.19. The molecule has 0 N–H and O–H groups in total. The standard InChI is InChI=1S/C66H118O6/c1-4-7-10-13-16-19-22-24-26-28-29-30-31-32-33-34-35-36-37-39-40-42-44-47-50-53-56-59-65(68)71-62-63(61-70-64(67)58-55-52-49-46-21-18-15-12-9-6-3)72-66(69)60-57-54-51-48-45-43-41-38-27-25-23-20-17-14-11-8-5-2/h17,20,22,24-25,27-29,31-32,63H,4-16,18-19,21,23,26,30,33-62H2,1-3H3/b20-17-,24-22-,27-25-,29-28-,32-31-. The van der Waals surface area contributed by atoms with Crippen molar-refractivity contribution in [2.24, 2.45) is 0 Å². The normalized spacial score (nSPS) is 12.4. The Morgan fingerprint density at radius 1 is 0.278 bits per heavy atom. The number of allylic oxidation sites excluding steroid dienone is 10. The average Bonchev–Trinajstić information content (AvgIpc) is 3.38. The quantitative estimate of drug-likeness (QED) is 0.0261. The SMILES string of the molecule is CCCCC/C=C\C/C=C\CCCCCCCCCC(=O)OC(COC(=O)CCCCCCCCCCCC)COC(=O)CCCCCCCCCCCCCC/C=C\C/C=C\C/C=C\CCCCCCC. The summed E-state index contributed by atoms with van der Waals surface area (Å²) in [5, 5.41) is 0. The van der Waals surface area contributed by atoms with Crippen LogP contribution in [0.5, 0.6) is 0 Å². The van der Waals surface area contributed by atoms with E-state index in [1.807, 2.05) is 0 Å². The molecule has 0 heterocycles. The minimum Gasteiger partial charge on any atom is -0.462 e. The van der Waals surface area contributed by atoms with Crippen LogP contribution >= 0.6 is 0 Å². The molecule has 6 nitrogen and oxygen atoms in total. The van der Waals surface area contributed by atoms with Crippen LogP contribution in [-0.2, 0) is 28.6 Å². The molecule has 0 spiro atoms. The zero-order valence-electron chi connectivity index (χ0n) is 47.9. The molecular formula is C66H118O6. The highest BCUT2D eigenvalue weighted by Crippen LogP contribution is 2.16. The molecule has 0 radical (unpaired) electrons. The molecular weight excluding hydrogens is 889 g/mol. The summed E-state index contributed by atoms with van der Waals surface area (Å²) in [4.78, 5) is 38.2. The molecule has 0 rings (SSSR count). The van der Waals surface area contributed by atoms with Gasteiger partial charge >= 0.3 is 17.9 Å². The molecule has 0 aliphatic heterocycles. The van der Waals surface area contributed by atoms with Crippen LogP contribution in [0.15, 0.2) is 60.8 Å². The van der Waals surface area contributed by atoms with Crippen LogP contribution in [0.4, 0.5) is 0 Å². The summed E-state index contributed by atoms with van der Waals surface area (Å²) < 4.78 is 16.9. The van der Waals surface area contributed by atoms with E-state index in [2.05, 4.69) is 81.5 Å². The maximum absolute atomic E-state index is 12.9. The van der Waals surface area contributed by atoms with Crippen molar-refractivity contribution in [1.29, 1.82) is 0 Å². The fourth-order valence-corrected chi connectivity index (χ4v) is 9.01. The number of hydrogen-bond acceptors (Lipinski definition) is 6. The molecule has 0 aromatic heterocycles. The van der Waals surface area contributed by atoms with Gasteiger partial charge in [-0.2, -0.15) is 0 Å². The van der Waals surface area contributed by atoms with E-state index in [0.29, 0.717) is 19.3 Å². The molecule has 0 amide bonds. The number of carbonyl (C=O) groups is 3. The van der Waals surface area contributed by atoms with Crippen LogP contribution in [0.2, 0.25) is 0 Å². The molecule has 6 heteroatoms. The molecule has 418 valence electrons. The van der Waals surface area contributed by atoms with Crippen LogP contribution in [0.1, 0.15) is 323 Å². The van der Waals surface area contributed by atoms with E-state index < -0.39 is 6.10 Å². The van der Waals surface area contributed by atoms with Gasteiger partial charge in [0, 0.05) is 19.3 Å². The van der Waals surface area contributed by atoms with Crippen molar-refractivity contribution in [2.45, 2.75) is 329 Å². The molecule has 0 aliphatic rings. The van der Waals surface area contributed by atoms with E-state index in [4.69, 9.17) is 14.2 Å². The van der Waals surface area contributed by atoms with Crippen LogP contribution in [0, 0.1) is 0 Å². The van der Waals surface area contributed by atoms with Crippen molar-refractivity contribution in [3.05, 3.63) is 60.8 Å². The van der Waals surface area contributed by atoms with Crippen molar-refractivity contribution in [2.75, 3.05) is 13.2 Å². The Labute approximate surface area is 447 Å². The first-order valence-electron chi connectivity index (χ1n) is 31.3. The van der Waals surface area contributed by atoms with Crippen LogP contribution in [0.25, 0.3) is 0 Å². The predicted octanol–water partition coefficient (Wildman–Crippen LogP) is 21.2. The van der Waals surface area contributed by atoms with Gasteiger partial charge in [0.1, 0.15) is 13.2 Å². The molecule has 1 atom stereocenters. The van der Waals surface area contributed by atoms with Crippen molar-refractivity contribution < 1.29 is 28.6 Å². The van der Waals surface area contributed by atoms with Gasteiger partial charge in [-0.05, 0) is 89.9 Å². The largest absolute Gasteiger partial charge is 0.462 e. The summed E-state index contributed by atoms with van der Waals surface area (Å²) in [5.74, 6) is -0.872. The topological polar surface area (TPSA) is 78.9 Å². The van der Waals surface area contributed by atoms with E-state index in [1.165, 1.54) is 199 Å². The zero-order chi connectivity index (χ0) is 52.2. The van der Waals surface area contributed by atoms with Crippen molar-refractivity contribution >= 4 is 17.9 Å². The first-order valence-corrected chi connectivity index (χ1v) is 31.3. The second kappa shape index (κ2) is 60.7. The van der Waals surface area contributed by atoms with Gasteiger partial charge in [-0.3, -0.25) is 14.4 Å². The maximum atomic E-state index is 12.9. The number of esters is 3. The van der Waals surface area contributed by atoms with Gasteiger partial charge in [0.05, 0.1) is 0 Å². The molecule has 0 saturated heterocycles. The zero-order valence-corrected chi connectivity index (χ0v) is 47.9. The smallest absolute Gasteiger partial charge is 0.306 e. The van der Waals surface area contributed by atoms with Crippen molar-refractivity contribution in [3.8, 4) is 0 Å². The first-order chi connectivity index (χ1) is 35.5.